The van der Waals surface area contributed by atoms with E-state index in [1.165, 1.54) is 0 Å². The van der Waals surface area contributed by atoms with Crippen molar-refractivity contribution in [3.8, 4) is 12.3 Å². The van der Waals surface area contributed by atoms with Crippen molar-refractivity contribution in [3.63, 3.8) is 0 Å². The van der Waals surface area contributed by atoms with Gasteiger partial charge in [0.25, 0.3) is 0 Å². The number of hydrogen-bond donors (Lipinski definition) is 0. The molecule has 0 amide bonds. The van der Waals surface area contributed by atoms with Gasteiger partial charge < -0.3 is 4.52 Å². The molecule has 0 N–H and O–H groups in total. The molecule has 0 radical (unpaired) electrons. The Morgan fingerprint density at radius 1 is 1.60 bits per heavy atom. The zero-order valence-corrected chi connectivity index (χ0v) is 6.51. The van der Waals surface area contributed by atoms with Crippen LogP contribution in [-0.2, 0) is 9.09 Å². The van der Waals surface area contributed by atoms with E-state index in [9.17, 15) is 4.57 Å². The summed E-state index contributed by atoms with van der Waals surface area (Å²) in [6.07, 6.45) is 9.79. The third-order valence-electron chi connectivity index (χ3n) is 1.32. The van der Waals surface area contributed by atoms with Crippen LogP contribution in [0.4, 0.5) is 0 Å². The van der Waals surface area contributed by atoms with Crippen molar-refractivity contribution in [2.24, 2.45) is 0 Å². The number of rotatable bonds is 2. The van der Waals surface area contributed by atoms with Gasteiger partial charge in [-0.25, -0.2) is 0 Å². The Morgan fingerprint density at radius 3 is 2.70 bits per heavy atom. The van der Waals surface area contributed by atoms with Gasteiger partial charge in [0.05, 0.1) is 0 Å². The lowest BCUT2D eigenvalue weighted by Gasteiger charge is -2.08. The van der Waals surface area contributed by atoms with Crippen LogP contribution in [0.2, 0.25) is 0 Å². The molecular formula is C7H9O2P. The Kier molecular flexibility index (Phi) is 2.32. The summed E-state index contributed by atoms with van der Waals surface area (Å²) in [6.45, 7) is 0.166. The molecule has 1 aliphatic heterocycles. The Labute approximate surface area is 60.7 Å². The van der Waals surface area contributed by atoms with Gasteiger partial charge in [-0.15, -0.1) is 6.42 Å². The van der Waals surface area contributed by atoms with Gasteiger partial charge in [-0.05, 0) is 0 Å². The molecule has 0 aromatic heterocycles. The fourth-order valence-corrected chi connectivity index (χ4v) is 2.42. The predicted molar refractivity (Wildman–Crippen MR) is 41.3 cm³/mol. The standard InChI is InChI=1S/C7H9O2P/c1-2-5-9-10(8)6-3-4-7-10/h1,3-4H,5-7H2. The molecule has 0 atom stereocenters. The maximum absolute atomic E-state index is 11.4. The zero-order chi connectivity index (χ0) is 7.45. The Morgan fingerprint density at radius 2 is 2.20 bits per heavy atom. The monoisotopic (exact) mass is 156 g/mol. The molecule has 0 aliphatic carbocycles. The summed E-state index contributed by atoms with van der Waals surface area (Å²) >= 11 is 0. The molecule has 0 bridgehead atoms. The highest BCUT2D eigenvalue weighted by Gasteiger charge is 2.22. The SMILES string of the molecule is C#CCOP1(=O)CC=CC1. The molecule has 0 unspecified atom stereocenters. The highest BCUT2D eigenvalue weighted by molar-refractivity contribution is 7.59. The van der Waals surface area contributed by atoms with Crippen LogP contribution in [0.5, 0.6) is 0 Å². The summed E-state index contributed by atoms with van der Waals surface area (Å²) in [7, 11) is -2.34. The minimum atomic E-state index is -2.34. The van der Waals surface area contributed by atoms with Crippen LogP contribution >= 0.6 is 7.37 Å². The normalized spacial score (nSPS) is 20.7. The first-order valence-corrected chi connectivity index (χ1v) is 5.07. The average Bonchev–Trinajstić information content (AvgIpc) is 2.33. The fraction of sp³-hybridized carbons (Fsp3) is 0.429. The van der Waals surface area contributed by atoms with Gasteiger partial charge in [0.1, 0.15) is 6.61 Å². The smallest absolute Gasteiger partial charge is 0.211 e. The number of hydrogen-bond acceptors (Lipinski definition) is 2. The second kappa shape index (κ2) is 3.05. The largest absolute Gasteiger partial charge is 0.315 e. The first kappa shape index (κ1) is 7.60. The van der Waals surface area contributed by atoms with Gasteiger partial charge in [0.15, 0.2) is 0 Å². The number of terminal acetylenes is 1. The molecule has 0 saturated heterocycles. The Bertz CT molecular complexity index is 212. The minimum Gasteiger partial charge on any atom is -0.315 e. The molecule has 10 heavy (non-hydrogen) atoms. The van der Waals surface area contributed by atoms with E-state index in [-0.39, 0.29) is 6.61 Å². The van der Waals surface area contributed by atoms with Crippen LogP contribution < -0.4 is 0 Å². The summed E-state index contributed by atoms with van der Waals surface area (Å²) in [4.78, 5) is 0. The van der Waals surface area contributed by atoms with Crippen LogP contribution in [0, 0.1) is 12.3 Å². The first-order chi connectivity index (χ1) is 4.77. The van der Waals surface area contributed by atoms with Crippen LogP contribution in [0.25, 0.3) is 0 Å². The Balaban J connectivity index is 2.41. The number of allylic oxidation sites excluding steroid dienone is 2. The van der Waals surface area contributed by atoms with E-state index < -0.39 is 7.37 Å². The van der Waals surface area contributed by atoms with Gasteiger partial charge >= 0.3 is 0 Å². The van der Waals surface area contributed by atoms with Crippen molar-refractivity contribution < 1.29 is 9.09 Å². The van der Waals surface area contributed by atoms with Crippen molar-refractivity contribution in [3.05, 3.63) is 12.2 Å². The van der Waals surface area contributed by atoms with Gasteiger partial charge in [0.2, 0.25) is 7.37 Å². The third kappa shape index (κ3) is 1.73. The second-order valence-electron chi connectivity index (χ2n) is 2.13. The van der Waals surface area contributed by atoms with E-state index in [2.05, 4.69) is 5.92 Å². The highest BCUT2D eigenvalue weighted by Crippen LogP contribution is 2.49. The molecule has 1 heterocycles. The van der Waals surface area contributed by atoms with E-state index in [1.54, 1.807) is 0 Å². The van der Waals surface area contributed by atoms with Crippen LogP contribution in [0.1, 0.15) is 0 Å². The quantitative estimate of drug-likeness (QED) is 0.344. The van der Waals surface area contributed by atoms with Crippen LogP contribution in [0.3, 0.4) is 0 Å². The molecule has 0 fully saturated rings. The second-order valence-corrected chi connectivity index (χ2v) is 4.75. The highest BCUT2D eigenvalue weighted by atomic mass is 31.2. The molecule has 0 saturated carbocycles. The molecular weight excluding hydrogens is 147 g/mol. The summed E-state index contributed by atoms with van der Waals surface area (Å²) in [5.74, 6) is 2.30. The molecule has 0 aromatic rings. The van der Waals surface area contributed by atoms with Gasteiger partial charge in [-0.1, -0.05) is 18.1 Å². The maximum atomic E-state index is 11.4. The van der Waals surface area contributed by atoms with E-state index >= 15 is 0 Å². The molecule has 0 aromatic carbocycles. The maximum Gasteiger partial charge on any atom is 0.211 e. The molecule has 1 aliphatic rings. The average molecular weight is 156 g/mol. The van der Waals surface area contributed by atoms with E-state index in [1.807, 2.05) is 12.2 Å². The lowest BCUT2D eigenvalue weighted by atomic mass is 10.6. The summed E-state index contributed by atoms with van der Waals surface area (Å²) in [5, 5.41) is 0. The molecule has 2 nitrogen and oxygen atoms in total. The summed E-state index contributed by atoms with van der Waals surface area (Å²) < 4.78 is 16.4. The lowest BCUT2D eigenvalue weighted by molar-refractivity contribution is 0.364. The van der Waals surface area contributed by atoms with Crippen molar-refractivity contribution in [1.29, 1.82) is 0 Å². The van der Waals surface area contributed by atoms with Crippen LogP contribution in [0.15, 0.2) is 12.2 Å². The van der Waals surface area contributed by atoms with E-state index in [0.29, 0.717) is 12.3 Å². The first-order valence-electron chi connectivity index (χ1n) is 3.08. The zero-order valence-electron chi connectivity index (χ0n) is 5.62. The van der Waals surface area contributed by atoms with Crippen molar-refractivity contribution in [1.82, 2.24) is 0 Å². The van der Waals surface area contributed by atoms with E-state index in [4.69, 9.17) is 10.9 Å². The molecule has 1 rings (SSSR count). The Hall–Kier alpha value is -0.510. The third-order valence-corrected chi connectivity index (χ3v) is 3.45. The lowest BCUT2D eigenvalue weighted by Crippen LogP contribution is -1.92. The molecule has 54 valence electrons. The van der Waals surface area contributed by atoms with Crippen molar-refractivity contribution >= 4 is 7.37 Å². The van der Waals surface area contributed by atoms with Gasteiger partial charge in [0, 0.05) is 12.3 Å². The molecule has 3 heteroatoms. The van der Waals surface area contributed by atoms with Gasteiger partial charge in [-0.2, -0.15) is 0 Å². The van der Waals surface area contributed by atoms with Crippen molar-refractivity contribution in [2.45, 2.75) is 0 Å². The predicted octanol–water partition coefficient (Wildman–Crippen LogP) is 1.48. The van der Waals surface area contributed by atoms with Gasteiger partial charge in [-0.3, -0.25) is 4.57 Å². The fourth-order valence-electron chi connectivity index (χ4n) is 0.805. The summed E-state index contributed by atoms with van der Waals surface area (Å²) in [6, 6.07) is 0. The minimum absolute atomic E-state index is 0.166. The molecule has 0 spiro atoms. The van der Waals surface area contributed by atoms with E-state index in [0.717, 1.165) is 0 Å². The van der Waals surface area contributed by atoms with Crippen LogP contribution in [-0.4, -0.2) is 18.9 Å². The van der Waals surface area contributed by atoms with Crippen molar-refractivity contribution in [2.75, 3.05) is 18.9 Å². The topological polar surface area (TPSA) is 26.3 Å². The summed E-state index contributed by atoms with van der Waals surface area (Å²) in [5.41, 5.74) is 0.